The number of carbonyl (C=O) groups excluding carboxylic acids is 3. The Bertz CT molecular complexity index is 1310. The SMILES string of the molecule is CC/C=C\C/C=C\C/C=C\C/C=C\CCCCCCCCCCCCCCCCCCCCCCC(=O)OCC(COC(=O)CCCCCCC)OC(=O)CCCCCCC/C=C\C/C=C\CCCC. The Morgan fingerprint density at radius 1 is 0.300 bits per heavy atom. The third kappa shape index (κ3) is 55.8. The monoisotopic (exact) mass is 977 g/mol. The second kappa shape index (κ2) is 58.4. The quantitative estimate of drug-likeness (QED) is 0.0261. The van der Waals surface area contributed by atoms with E-state index in [1.807, 2.05) is 0 Å². The zero-order valence-corrected chi connectivity index (χ0v) is 46.3. The van der Waals surface area contributed by atoms with Crippen LogP contribution in [0, 0.1) is 0 Å². The van der Waals surface area contributed by atoms with Gasteiger partial charge in [-0.1, -0.05) is 267 Å². The third-order valence-electron chi connectivity index (χ3n) is 12.9. The fourth-order valence-electron chi connectivity index (χ4n) is 8.45. The summed E-state index contributed by atoms with van der Waals surface area (Å²) in [6.07, 6.45) is 75.4. The summed E-state index contributed by atoms with van der Waals surface area (Å²) in [5.74, 6) is -0.897. The van der Waals surface area contributed by atoms with E-state index in [9.17, 15) is 14.4 Å². The van der Waals surface area contributed by atoms with Crippen molar-refractivity contribution in [2.45, 2.75) is 303 Å². The van der Waals surface area contributed by atoms with Crippen molar-refractivity contribution in [1.82, 2.24) is 0 Å². The van der Waals surface area contributed by atoms with Crippen LogP contribution >= 0.6 is 0 Å². The van der Waals surface area contributed by atoms with Gasteiger partial charge in [-0.05, 0) is 83.5 Å². The first kappa shape index (κ1) is 66.9. The van der Waals surface area contributed by atoms with Gasteiger partial charge in [0.25, 0.3) is 0 Å². The van der Waals surface area contributed by atoms with Gasteiger partial charge in [-0.3, -0.25) is 14.4 Å². The van der Waals surface area contributed by atoms with Crippen molar-refractivity contribution in [1.29, 1.82) is 0 Å². The molecule has 0 aromatic carbocycles. The van der Waals surface area contributed by atoms with Gasteiger partial charge >= 0.3 is 17.9 Å². The Morgan fingerprint density at radius 2 is 0.571 bits per heavy atom. The average molecular weight is 978 g/mol. The number of carbonyl (C=O) groups is 3. The third-order valence-corrected chi connectivity index (χ3v) is 12.9. The largest absolute Gasteiger partial charge is 0.462 e. The standard InChI is InChI=1S/C64H112O6/c1-4-7-10-13-15-17-19-21-23-24-25-26-27-28-29-30-31-32-33-34-35-36-37-38-39-40-41-43-44-46-48-51-54-57-63(66)69-60-61(59-68-62(65)56-53-50-12-9-6-3)70-64(67)58-55-52-49-47-45-42-22-20-18-16-14-11-8-5-2/h7,10,14-17,20-23,25-26,61H,4-6,8-9,11-13,18-19,24,27-60H2,1-3H3/b10-7-,16-14-,17-15-,22-20-,23-21-,26-25-. The Labute approximate surface area is 433 Å². The van der Waals surface area contributed by atoms with Gasteiger partial charge in [0.1, 0.15) is 13.2 Å². The molecule has 0 bridgehead atoms. The highest BCUT2D eigenvalue weighted by Gasteiger charge is 2.19. The normalized spacial score (nSPS) is 12.6. The molecule has 0 N–H and O–H groups in total. The molecule has 404 valence electrons. The van der Waals surface area contributed by atoms with E-state index in [0.29, 0.717) is 19.3 Å². The van der Waals surface area contributed by atoms with Gasteiger partial charge in [-0.15, -0.1) is 0 Å². The molecule has 0 amide bonds. The number of hydrogen-bond donors (Lipinski definition) is 0. The van der Waals surface area contributed by atoms with Crippen molar-refractivity contribution in [3.63, 3.8) is 0 Å². The van der Waals surface area contributed by atoms with Crippen molar-refractivity contribution in [3.8, 4) is 0 Å². The minimum absolute atomic E-state index is 0.0777. The molecule has 0 aromatic heterocycles. The highest BCUT2D eigenvalue weighted by molar-refractivity contribution is 5.71. The lowest BCUT2D eigenvalue weighted by atomic mass is 10.0. The second-order valence-electron chi connectivity index (χ2n) is 19.9. The van der Waals surface area contributed by atoms with E-state index in [4.69, 9.17) is 14.2 Å². The summed E-state index contributed by atoms with van der Waals surface area (Å²) >= 11 is 0. The fraction of sp³-hybridized carbons (Fsp3) is 0.766. The molecule has 1 unspecified atom stereocenters. The van der Waals surface area contributed by atoms with Crippen LogP contribution in [0.2, 0.25) is 0 Å². The predicted molar refractivity (Wildman–Crippen MR) is 302 cm³/mol. The number of hydrogen-bond acceptors (Lipinski definition) is 6. The smallest absolute Gasteiger partial charge is 0.306 e. The van der Waals surface area contributed by atoms with E-state index in [0.717, 1.165) is 116 Å². The van der Waals surface area contributed by atoms with E-state index in [1.54, 1.807) is 0 Å². The molecular weight excluding hydrogens is 865 g/mol. The molecule has 0 saturated heterocycles. The average Bonchev–Trinajstić information content (AvgIpc) is 3.36. The highest BCUT2D eigenvalue weighted by atomic mass is 16.6. The van der Waals surface area contributed by atoms with Gasteiger partial charge < -0.3 is 14.2 Å². The number of esters is 3. The molecule has 0 spiro atoms. The van der Waals surface area contributed by atoms with Crippen LogP contribution in [0.3, 0.4) is 0 Å². The zero-order valence-electron chi connectivity index (χ0n) is 46.3. The van der Waals surface area contributed by atoms with Gasteiger partial charge in [0.05, 0.1) is 0 Å². The fourth-order valence-corrected chi connectivity index (χ4v) is 8.45. The summed E-state index contributed by atoms with van der Waals surface area (Å²) in [4.78, 5) is 37.7. The maximum atomic E-state index is 12.7. The summed E-state index contributed by atoms with van der Waals surface area (Å²) in [6, 6.07) is 0. The molecule has 0 radical (unpaired) electrons. The molecule has 1 atom stereocenters. The Morgan fingerprint density at radius 3 is 0.914 bits per heavy atom. The van der Waals surface area contributed by atoms with Gasteiger partial charge in [-0.2, -0.15) is 0 Å². The van der Waals surface area contributed by atoms with Crippen LogP contribution in [0.1, 0.15) is 297 Å². The maximum absolute atomic E-state index is 12.7. The predicted octanol–water partition coefficient (Wildman–Crippen LogP) is 20.2. The zero-order chi connectivity index (χ0) is 50.7. The van der Waals surface area contributed by atoms with E-state index in [-0.39, 0.29) is 31.1 Å². The highest BCUT2D eigenvalue weighted by Crippen LogP contribution is 2.17. The summed E-state index contributed by atoms with van der Waals surface area (Å²) in [7, 11) is 0. The lowest BCUT2D eigenvalue weighted by Gasteiger charge is -2.18. The van der Waals surface area contributed by atoms with Crippen molar-refractivity contribution in [2.24, 2.45) is 0 Å². The Hall–Kier alpha value is -3.15. The first-order valence-electron chi connectivity index (χ1n) is 29.9. The van der Waals surface area contributed by atoms with E-state index in [2.05, 4.69) is 93.7 Å². The van der Waals surface area contributed by atoms with Gasteiger partial charge in [0, 0.05) is 19.3 Å². The summed E-state index contributed by atoms with van der Waals surface area (Å²) < 4.78 is 16.7. The number of ether oxygens (including phenoxy) is 3. The van der Waals surface area contributed by atoms with Crippen LogP contribution in [0.15, 0.2) is 72.9 Å². The molecule has 0 aliphatic carbocycles. The van der Waals surface area contributed by atoms with Crippen LogP contribution in [-0.2, 0) is 28.6 Å². The van der Waals surface area contributed by atoms with Crippen LogP contribution in [0.4, 0.5) is 0 Å². The van der Waals surface area contributed by atoms with Crippen LogP contribution in [0.25, 0.3) is 0 Å². The number of allylic oxidation sites excluding steroid dienone is 12. The van der Waals surface area contributed by atoms with Crippen LogP contribution < -0.4 is 0 Å². The second-order valence-corrected chi connectivity index (χ2v) is 19.9. The van der Waals surface area contributed by atoms with E-state index >= 15 is 0 Å². The summed E-state index contributed by atoms with van der Waals surface area (Å²) in [5.41, 5.74) is 0. The van der Waals surface area contributed by atoms with Crippen LogP contribution in [0.5, 0.6) is 0 Å². The molecular formula is C64H112O6. The summed E-state index contributed by atoms with van der Waals surface area (Å²) in [6.45, 7) is 6.41. The topological polar surface area (TPSA) is 78.9 Å². The molecule has 6 nitrogen and oxygen atoms in total. The van der Waals surface area contributed by atoms with E-state index < -0.39 is 6.10 Å². The molecule has 0 aromatic rings. The Kier molecular flexibility index (Phi) is 55.8. The number of rotatable bonds is 54. The van der Waals surface area contributed by atoms with Crippen molar-refractivity contribution >= 4 is 17.9 Å². The van der Waals surface area contributed by atoms with E-state index in [1.165, 1.54) is 141 Å². The van der Waals surface area contributed by atoms with Gasteiger partial charge in [-0.25, -0.2) is 0 Å². The molecule has 0 fully saturated rings. The molecule has 70 heavy (non-hydrogen) atoms. The number of unbranched alkanes of at least 4 members (excludes halogenated alkanes) is 31. The minimum Gasteiger partial charge on any atom is -0.462 e. The molecule has 6 heteroatoms. The maximum Gasteiger partial charge on any atom is 0.306 e. The lowest BCUT2D eigenvalue weighted by Crippen LogP contribution is -2.30. The first-order valence-corrected chi connectivity index (χ1v) is 29.9. The van der Waals surface area contributed by atoms with Crippen molar-refractivity contribution in [2.75, 3.05) is 13.2 Å². The van der Waals surface area contributed by atoms with Crippen LogP contribution in [-0.4, -0.2) is 37.2 Å². The Balaban J connectivity index is 3.91. The van der Waals surface area contributed by atoms with Crippen molar-refractivity contribution in [3.05, 3.63) is 72.9 Å². The van der Waals surface area contributed by atoms with Gasteiger partial charge in [0.15, 0.2) is 6.10 Å². The molecule has 0 aliphatic heterocycles. The molecule has 0 rings (SSSR count). The molecule has 0 aliphatic rings. The van der Waals surface area contributed by atoms with Gasteiger partial charge in [0.2, 0.25) is 0 Å². The molecule has 0 saturated carbocycles. The van der Waals surface area contributed by atoms with Crippen molar-refractivity contribution < 1.29 is 28.6 Å². The lowest BCUT2D eigenvalue weighted by molar-refractivity contribution is -0.167. The molecule has 0 heterocycles. The minimum atomic E-state index is -0.775. The summed E-state index contributed by atoms with van der Waals surface area (Å²) in [5, 5.41) is 0. The first-order chi connectivity index (χ1) is 34.5.